The quantitative estimate of drug-likeness (QED) is 0.725. The minimum absolute atomic E-state index is 0.167. The van der Waals surface area contributed by atoms with Gasteiger partial charge >= 0.3 is 0 Å². The summed E-state index contributed by atoms with van der Waals surface area (Å²) in [5.74, 6) is -0.106. The Morgan fingerprint density at radius 3 is 2.65 bits per heavy atom. The van der Waals surface area contributed by atoms with Crippen LogP contribution in [0.15, 0.2) is 42.5 Å². The van der Waals surface area contributed by atoms with E-state index in [4.69, 9.17) is 0 Å². The van der Waals surface area contributed by atoms with Crippen LogP contribution in [0.25, 0.3) is 11.1 Å². The van der Waals surface area contributed by atoms with E-state index in [0.29, 0.717) is 6.42 Å². The second-order valence-electron chi connectivity index (χ2n) is 4.27. The molecule has 0 bridgehead atoms. The molecule has 84 valence electrons. The van der Waals surface area contributed by atoms with Gasteiger partial charge in [0.2, 0.25) is 0 Å². The first-order chi connectivity index (χ1) is 8.25. The van der Waals surface area contributed by atoms with E-state index in [2.05, 4.69) is 0 Å². The van der Waals surface area contributed by atoms with Gasteiger partial charge in [0.25, 0.3) is 0 Å². The third kappa shape index (κ3) is 1.66. The Balaban J connectivity index is 2.23. The molecule has 1 aliphatic rings. The summed E-state index contributed by atoms with van der Waals surface area (Å²) in [6.07, 6.45) is 1.37. The Kier molecular flexibility index (Phi) is 2.29. The lowest BCUT2D eigenvalue weighted by molar-refractivity contribution is 0.0995. The molecule has 0 radical (unpaired) electrons. The summed E-state index contributed by atoms with van der Waals surface area (Å²) in [7, 11) is 0. The minimum atomic E-state index is -0.273. The fraction of sp³-hybridized carbons (Fsp3) is 0.133. The van der Waals surface area contributed by atoms with Gasteiger partial charge in [-0.1, -0.05) is 30.3 Å². The summed E-state index contributed by atoms with van der Waals surface area (Å²) in [4.78, 5) is 11.9. The van der Waals surface area contributed by atoms with Crippen LogP contribution in [0.1, 0.15) is 22.3 Å². The molecule has 1 nitrogen and oxygen atoms in total. The van der Waals surface area contributed by atoms with E-state index in [1.165, 1.54) is 12.1 Å². The van der Waals surface area contributed by atoms with Crippen LogP contribution in [0.5, 0.6) is 0 Å². The minimum Gasteiger partial charge on any atom is -0.294 e. The SMILES string of the molecule is O=C1CCc2cccc(-c3cccc(F)c3)c21. The van der Waals surface area contributed by atoms with Crippen molar-refractivity contribution in [1.29, 1.82) is 0 Å². The van der Waals surface area contributed by atoms with E-state index >= 15 is 0 Å². The van der Waals surface area contributed by atoms with Gasteiger partial charge < -0.3 is 0 Å². The monoisotopic (exact) mass is 226 g/mol. The number of hydrogen-bond donors (Lipinski definition) is 0. The molecule has 0 atom stereocenters. The van der Waals surface area contributed by atoms with E-state index < -0.39 is 0 Å². The van der Waals surface area contributed by atoms with Gasteiger partial charge in [0.05, 0.1) is 0 Å². The number of fused-ring (bicyclic) bond motifs is 1. The summed E-state index contributed by atoms with van der Waals surface area (Å²) >= 11 is 0. The van der Waals surface area contributed by atoms with Gasteiger partial charge in [-0.15, -0.1) is 0 Å². The van der Waals surface area contributed by atoms with Crippen LogP contribution in [-0.2, 0) is 6.42 Å². The zero-order valence-electron chi connectivity index (χ0n) is 9.24. The highest BCUT2D eigenvalue weighted by atomic mass is 19.1. The Hall–Kier alpha value is -1.96. The van der Waals surface area contributed by atoms with Gasteiger partial charge in [0, 0.05) is 12.0 Å². The van der Waals surface area contributed by atoms with Crippen molar-refractivity contribution in [1.82, 2.24) is 0 Å². The Morgan fingerprint density at radius 2 is 1.82 bits per heavy atom. The highest BCUT2D eigenvalue weighted by Crippen LogP contribution is 2.32. The van der Waals surface area contributed by atoms with Crippen molar-refractivity contribution in [3.05, 3.63) is 59.4 Å². The smallest absolute Gasteiger partial charge is 0.164 e. The third-order valence-electron chi connectivity index (χ3n) is 3.19. The lowest BCUT2D eigenvalue weighted by Crippen LogP contribution is -1.95. The molecule has 0 N–H and O–H groups in total. The number of aryl methyl sites for hydroxylation is 1. The summed E-state index contributed by atoms with van der Waals surface area (Å²) in [5.41, 5.74) is 3.48. The highest BCUT2D eigenvalue weighted by molar-refractivity contribution is 6.06. The van der Waals surface area contributed by atoms with Gasteiger partial charge in [-0.25, -0.2) is 4.39 Å². The normalized spacial score (nSPS) is 13.8. The first-order valence-electron chi connectivity index (χ1n) is 5.67. The van der Waals surface area contributed by atoms with E-state index in [1.807, 2.05) is 24.3 Å². The van der Waals surface area contributed by atoms with Crippen molar-refractivity contribution in [2.24, 2.45) is 0 Å². The first-order valence-corrected chi connectivity index (χ1v) is 5.67. The molecule has 0 aromatic heterocycles. The van der Waals surface area contributed by atoms with Gasteiger partial charge in [0.1, 0.15) is 5.82 Å². The number of carbonyl (C=O) groups excluding carboxylic acids is 1. The maximum Gasteiger partial charge on any atom is 0.164 e. The number of ketones is 1. The average molecular weight is 226 g/mol. The molecular formula is C15H11FO. The number of benzene rings is 2. The van der Waals surface area contributed by atoms with Crippen LogP contribution in [0.3, 0.4) is 0 Å². The van der Waals surface area contributed by atoms with Crippen molar-refractivity contribution < 1.29 is 9.18 Å². The van der Waals surface area contributed by atoms with Crippen molar-refractivity contribution in [2.75, 3.05) is 0 Å². The average Bonchev–Trinajstić information content (AvgIpc) is 2.71. The highest BCUT2D eigenvalue weighted by Gasteiger charge is 2.22. The second-order valence-corrected chi connectivity index (χ2v) is 4.27. The first kappa shape index (κ1) is 10.2. The zero-order chi connectivity index (χ0) is 11.8. The fourth-order valence-electron chi connectivity index (χ4n) is 2.41. The molecule has 2 aromatic rings. The van der Waals surface area contributed by atoms with Gasteiger partial charge in [-0.2, -0.15) is 0 Å². The lowest BCUT2D eigenvalue weighted by Gasteiger charge is -2.07. The molecule has 3 rings (SSSR count). The molecule has 1 aliphatic carbocycles. The predicted octanol–water partition coefficient (Wildman–Crippen LogP) is 3.62. The second kappa shape index (κ2) is 3.81. The van der Waals surface area contributed by atoms with Crippen LogP contribution < -0.4 is 0 Å². The molecule has 0 unspecified atom stereocenters. The van der Waals surface area contributed by atoms with Crippen molar-refractivity contribution in [3.8, 4) is 11.1 Å². The molecule has 2 heteroatoms. The van der Waals surface area contributed by atoms with Gasteiger partial charge in [-0.05, 0) is 35.2 Å². The summed E-state index contributed by atoms with van der Waals surface area (Å²) in [5, 5.41) is 0. The molecule has 2 aromatic carbocycles. The standard InChI is InChI=1S/C15H11FO/c16-12-5-1-4-11(9-12)13-6-2-3-10-7-8-14(17)15(10)13/h1-6,9H,7-8H2. The van der Waals surface area contributed by atoms with Gasteiger partial charge in [-0.3, -0.25) is 4.79 Å². The fourth-order valence-corrected chi connectivity index (χ4v) is 2.41. The van der Waals surface area contributed by atoms with E-state index in [0.717, 1.165) is 28.7 Å². The van der Waals surface area contributed by atoms with Crippen molar-refractivity contribution >= 4 is 5.78 Å². The van der Waals surface area contributed by atoms with Crippen LogP contribution in [0, 0.1) is 5.82 Å². The Morgan fingerprint density at radius 1 is 1.00 bits per heavy atom. The molecule has 0 heterocycles. The largest absolute Gasteiger partial charge is 0.294 e. The molecule has 17 heavy (non-hydrogen) atoms. The Bertz CT molecular complexity index is 602. The molecule has 0 spiro atoms. The van der Waals surface area contributed by atoms with Crippen LogP contribution in [-0.4, -0.2) is 5.78 Å². The molecule has 0 saturated carbocycles. The molecule has 0 saturated heterocycles. The molecule has 0 fully saturated rings. The van der Waals surface area contributed by atoms with Crippen LogP contribution >= 0.6 is 0 Å². The molecule has 0 aliphatic heterocycles. The number of carbonyl (C=O) groups is 1. The van der Waals surface area contributed by atoms with Crippen molar-refractivity contribution in [3.63, 3.8) is 0 Å². The third-order valence-corrected chi connectivity index (χ3v) is 3.19. The predicted molar refractivity (Wildman–Crippen MR) is 64.5 cm³/mol. The van der Waals surface area contributed by atoms with Crippen LogP contribution in [0.4, 0.5) is 4.39 Å². The molecular weight excluding hydrogens is 215 g/mol. The summed E-state index contributed by atoms with van der Waals surface area (Å²) < 4.78 is 13.2. The number of rotatable bonds is 1. The number of halogens is 1. The number of hydrogen-bond acceptors (Lipinski definition) is 1. The maximum absolute atomic E-state index is 13.2. The van der Waals surface area contributed by atoms with E-state index in [-0.39, 0.29) is 11.6 Å². The summed E-state index contributed by atoms with van der Waals surface area (Å²) in [6.45, 7) is 0. The maximum atomic E-state index is 13.2. The van der Waals surface area contributed by atoms with E-state index in [1.54, 1.807) is 6.07 Å². The van der Waals surface area contributed by atoms with Crippen molar-refractivity contribution in [2.45, 2.75) is 12.8 Å². The lowest BCUT2D eigenvalue weighted by atomic mass is 9.96. The topological polar surface area (TPSA) is 17.1 Å². The number of Topliss-reactive ketones (excluding diaryl/α,β-unsaturated/α-hetero) is 1. The van der Waals surface area contributed by atoms with Crippen LogP contribution in [0.2, 0.25) is 0 Å². The molecule has 0 amide bonds. The zero-order valence-corrected chi connectivity index (χ0v) is 9.24. The summed E-state index contributed by atoms with van der Waals surface area (Å²) in [6, 6.07) is 12.2. The van der Waals surface area contributed by atoms with Gasteiger partial charge in [0.15, 0.2) is 5.78 Å². The van der Waals surface area contributed by atoms with E-state index in [9.17, 15) is 9.18 Å². The Labute approximate surface area is 98.9 Å².